The topological polar surface area (TPSA) is 6.48 Å². The Hall–Kier alpha value is -0.0800. The van der Waals surface area contributed by atoms with Crippen molar-refractivity contribution in [1.29, 1.82) is 0 Å². The molecule has 0 aliphatic heterocycles. The Balaban J connectivity index is 3.73. The first-order valence-electron chi connectivity index (χ1n) is 4.03. The molecule has 0 spiro atoms. The van der Waals surface area contributed by atoms with E-state index in [1.165, 1.54) is 6.42 Å². The van der Waals surface area contributed by atoms with Gasteiger partial charge in [-0.05, 0) is 20.3 Å². The summed E-state index contributed by atoms with van der Waals surface area (Å²) in [6.07, 6.45) is 1.22. The lowest BCUT2D eigenvalue weighted by molar-refractivity contribution is -0.00518. The van der Waals surface area contributed by atoms with Gasteiger partial charge in [-0.15, -0.1) is 0 Å². The standard InChI is InChI=1S/C8H20N2/c1-6-7-10(8(2)3)9(4)5/h8H,6-7H2,1-5H3. The van der Waals surface area contributed by atoms with Crippen LogP contribution in [0.3, 0.4) is 0 Å². The van der Waals surface area contributed by atoms with Crippen LogP contribution in [0.1, 0.15) is 27.2 Å². The first-order valence-corrected chi connectivity index (χ1v) is 4.03. The van der Waals surface area contributed by atoms with E-state index in [0.717, 1.165) is 6.54 Å². The van der Waals surface area contributed by atoms with E-state index in [9.17, 15) is 0 Å². The zero-order valence-corrected chi connectivity index (χ0v) is 7.89. The fourth-order valence-corrected chi connectivity index (χ4v) is 1.15. The van der Waals surface area contributed by atoms with Gasteiger partial charge in [0.2, 0.25) is 0 Å². The molecule has 0 saturated heterocycles. The van der Waals surface area contributed by atoms with Gasteiger partial charge in [-0.2, -0.15) is 0 Å². The molecule has 0 saturated carbocycles. The summed E-state index contributed by atoms with van der Waals surface area (Å²) >= 11 is 0. The monoisotopic (exact) mass is 144 g/mol. The molecule has 2 heteroatoms. The van der Waals surface area contributed by atoms with Gasteiger partial charge in [0, 0.05) is 26.7 Å². The summed E-state index contributed by atoms with van der Waals surface area (Å²) in [4.78, 5) is 0. The minimum atomic E-state index is 0.620. The molecule has 0 fully saturated rings. The summed E-state index contributed by atoms with van der Waals surface area (Å²) in [6.45, 7) is 7.80. The normalized spacial score (nSPS) is 12.0. The van der Waals surface area contributed by atoms with E-state index in [4.69, 9.17) is 0 Å². The molecule has 0 aliphatic rings. The minimum Gasteiger partial charge on any atom is -0.248 e. The summed E-state index contributed by atoms with van der Waals surface area (Å²) in [5.41, 5.74) is 0. The molecule has 0 aromatic carbocycles. The van der Waals surface area contributed by atoms with E-state index < -0.39 is 0 Å². The summed E-state index contributed by atoms with van der Waals surface area (Å²) in [7, 11) is 4.19. The maximum absolute atomic E-state index is 2.35. The summed E-state index contributed by atoms with van der Waals surface area (Å²) in [5, 5.41) is 4.51. The zero-order valence-electron chi connectivity index (χ0n) is 7.89. The van der Waals surface area contributed by atoms with Crippen LogP contribution in [0.15, 0.2) is 0 Å². The van der Waals surface area contributed by atoms with Gasteiger partial charge in [0.05, 0.1) is 0 Å². The van der Waals surface area contributed by atoms with E-state index in [0.29, 0.717) is 6.04 Å². The van der Waals surface area contributed by atoms with E-state index in [1.807, 2.05) is 0 Å². The van der Waals surface area contributed by atoms with Gasteiger partial charge < -0.3 is 0 Å². The average molecular weight is 144 g/mol. The largest absolute Gasteiger partial charge is 0.248 e. The Kier molecular flexibility index (Phi) is 4.65. The first-order chi connectivity index (χ1) is 4.59. The third-order valence-corrected chi connectivity index (χ3v) is 1.56. The molecule has 0 unspecified atom stereocenters. The van der Waals surface area contributed by atoms with Crippen LogP contribution in [-0.4, -0.2) is 36.7 Å². The quantitative estimate of drug-likeness (QED) is 0.553. The van der Waals surface area contributed by atoms with E-state index in [2.05, 4.69) is 44.9 Å². The fourth-order valence-electron chi connectivity index (χ4n) is 1.15. The maximum atomic E-state index is 2.35. The predicted molar refractivity (Wildman–Crippen MR) is 45.8 cm³/mol. The molecule has 0 N–H and O–H groups in total. The maximum Gasteiger partial charge on any atom is 0.0189 e. The van der Waals surface area contributed by atoms with Crippen LogP contribution in [0.5, 0.6) is 0 Å². The molecule has 0 amide bonds. The van der Waals surface area contributed by atoms with Crippen molar-refractivity contribution in [3.8, 4) is 0 Å². The zero-order chi connectivity index (χ0) is 8.15. The lowest BCUT2D eigenvalue weighted by Crippen LogP contribution is -2.42. The van der Waals surface area contributed by atoms with E-state index in [1.54, 1.807) is 0 Å². The van der Waals surface area contributed by atoms with Gasteiger partial charge >= 0.3 is 0 Å². The van der Waals surface area contributed by atoms with Gasteiger partial charge in [-0.3, -0.25) is 0 Å². The molecule has 0 aliphatic carbocycles. The number of hydrogen-bond donors (Lipinski definition) is 0. The Morgan fingerprint density at radius 2 is 1.70 bits per heavy atom. The van der Waals surface area contributed by atoms with Crippen molar-refractivity contribution >= 4 is 0 Å². The fraction of sp³-hybridized carbons (Fsp3) is 1.00. The van der Waals surface area contributed by atoms with Crippen LogP contribution < -0.4 is 0 Å². The van der Waals surface area contributed by atoms with Crippen molar-refractivity contribution in [2.45, 2.75) is 33.2 Å². The summed E-state index contributed by atoms with van der Waals surface area (Å²) < 4.78 is 0. The highest BCUT2D eigenvalue weighted by molar-refractivity contribution is 4.55. The van der Waals surface area contributed by atoms with Gasteiger partial charge in [-0.1, -0.05) is 6.92 Å². The van der Waals surface area contributed by atoms with Crippen molar-refractivity contribution in [2.75, 3.05) is 20.6 Å². The Morgan fingerprint density at radius 3 is 1.80 bits per heavy atom. The Labute approximate surface area is 64.8 Å². The molecular weight excluding hydrogens is 124 g/mol. The summed E-state index contributed by atoms with van der Waals surface area (Å²) in [5.74, 6) is 0. The van der Waals surface area contributed by atoms with Crippen molar-refractivity contribution in [3.63, 3.8) is 0 Å². The highest BCUT2D eigenvalue weighted by atomic mass is 15.6. The average Bonchev–Trinajstić information content (AvgIpc) is 1.81. The van der Waals surface area contributed by atoms with E-state index in [-0.39, 0.29) is 0 Å². The van der Waals surface area contributed by atoms with Crippen molar-refractivity contribution in [1.82, 2.24) is 10.0 Å². The molecule has 62 valence electrons. The van der Waals surface area contributed by atoms with Crippen LogP contribution in [0.4, 0.5) is 0 Å². The smallest absolute Gasteiger partial charge is 0.0189 e. The second kappa shape index (κ2) is 4.69. The van der Waals surface area contributed by atoms with Gasteiger partial charge in [0.1, 0.15) is 0 Å². The predicted octanol–water partition coefficient (Wildman–Crippen LogP) is 1.58. The molecule has 0 atom stereocenters. The SMILES string of the molecule is CCCN(C(C)C)N(C)C. The highest BCUT2D eigenvalue weighted by Crippen LogP contribution is 2.00. The number of hydrazine groups is 1. The van der Waals surface area contributed by atoms with Crippen LogP contribution in [0, 0.1) is 0 Å². The van der Waals surface area contributed by atoms with E-state index >= 15 is 0 Å². The molecule has 0 radical (unpaired) electrons. The Morgan fingerprint density at radius 1 is 1.20 bits per heavy atom. The van der Waals surface area contributed by atoms with Crippen LogP contribution in [0.2, 0.25) is 0 Å². The van der Waals surface area contributed by atoms with Crippen molar-refractivity contribution < 1.29 is 0 Å². The van der Waals surface area contributed by atoms with Crippen molar-refractivity contribution in [2.24, 2.45) is 0 Å². The van der Waals surface area contributed by atoms with Crippen molar-refractivity contribution in [3.05, 3.63) is 0 Å². The van der Waals surface area contributed by atoms with Crippen LogP contribution >= 0.6 is 0 Å². The van der Waals surface area contributed by atoms with Crippen LogP contribution in [-0.2, 0) is 0 Å². The minimum absolute atomic E-state index is 0.620. The molecule has 0 aromatic heterocycles. The Bertz CT molecular complexity index is 71.3. The number of nitrogens with zero attached hydrogens (tertiary/aromatic N) is 2. The molecule has 0 bridgehead atoms. The van der Waals surface area contributed by atoms with Gasteiger partial charge in [-0.25, -0.2) is 10.0 Å². The molecular formula is C8H20N2. The second-order valence-corrected chi connectivity index (χ2v) is 3.10. The first kappa shape index (κ1) is 9.92. The lowest BCUT2D eigenvalue weighted by Gasteiger charge is -2.32. The second-order valence-electron chi connectivity index (χ2n) is 3.10. The molecule has 0 aromatic rings. The molecule has 0 rings (SSSR count). The lowest BCUT2D eigenvalue weighted by atomic mass is 10.3. The number of hydrogen-bond acceptors (Lipinski definition) is 2. The number of rotatable bonds is 4. The summed E-state index contributed by atoms with van der Waals surface area (Å²) in [6, 6.07) is 0.620. The third-order valence-electron chi connectivity index (χ3n) is 1.56. The molecule has 2 nitrogen and oxygen atoms in total. The van der Waals surface area contributed by atoms with Gasteiger partial charge in [0.15, 0.2) is 0 Å². The molecule has 0 heterocycles. The van der Waals surface area contributed by atoms with Gasteiger partial charge in [0.25, 0.3) is 0 Å². The van der Waals surface area contributed by atoms with Crippen LogP contribution in [0.25, 0.3) is 0 Å². The highest BCUT2D eigenvalue weighted by Gasteiger charge is 2.08. The third kappa shape index (κ3) is 3.18. The molecule has 10 heavy (non-hydrogen) atoms.